The Kier molecular flexibility index (Phi) is 4.20. The smallest absolute Gasteiger partial charge is 0.261 e. The summed E-state index contributed by atoms with van der Waals surface area (Å²) in [4.78, 5) is 21.0. The number of fused-ring (bicyclic) bond motifs is 1. The van der Waals surface area contributed by atoms with Crippen molar-refractivity contribution in [3.8, 4) is 0 Å². The largest absolute Gasteiger partial charge is 0.337 e. The van der Waals surface area contributed by atoms with Crippen LogP contribution in [0.2, 0.25) is 5.02 Å². The van der Waals surface area contributed by atoms with Gasteiger partial charge in [-0.3, -0.25) is 9.36 Å². The number of hydrogen-bond acceptors (Lipinski definition) is 5. The van der Waals surface area contributed by atoms with Gasteiger partial charge < -0.3 is 4.52 Å². The van der Waals surface area contributed by atoms with E-state index in [1.165, 1.54) is 10.9 Å². The number of benzene rings is 1. The van der Waals surface area contributed by atoms with Crippen molar-refractivity contribution < 1.29 is 4.52 Å². The van der Waals surface area contributed by atoms with Crippen LogP contribution < -0.4 is 5.56 Å². The maximum Gasteiger partial charge on any atom is 0.261 e. The molecular formula is C15H15ClN4O2. The van der Waals surface area contributed by atoms with Gasteiger partial charge in [0.15, 0.2) is 5.82 Å². The molecule has 2 heterocycles. The first-order chi connectivity index (χ1) is 10.7. The van der Waals surface area contributed by atoms with Crippen LogP contribution >= 0.6 is 11.6 Å². The van der Waals surface area contributed by atoms with Crippen molar-refractivity contribution in [1.82, 2.24) is 19.7 Å². The van der Waals surface area contributed by atoms with Crippen LogP contribution in [0, 0.1) is 0 Å². The molecule has 0 amide bonds. The molecule has 0 saturated heterocycles. The number of aromatic nitrogens is 4. The average molecular weight is 319 g/mol. The second-order valence-electron chi connectivity index (χ2n) is 5.05. The Hall–Kier alpha value is -2.21. The highest BCUT2D eigenvalue weighted by Gasteiger charge is 2.10. The predicted molar refractivity (Wildman–Crippen MR) is 83.0 cm³/mol. The molecule has 114 valence electrons. The van der Waals surface area contributed by atoms with Crippen molar-refractivity contribution in [3.05, 3.63) is 51.6 Å². The first-order valence-corrected chi connectivity index (χ1v) is 7.51. The standard InChI is InChI=1S/C15H15ClN4O2/c1-2-3-4-13-18-14(22-19-13)8-20-9-17-12-6-5-10(16)7-11(12)15(20)21/h5-7,9H,2-4,8H2,1H3. The third-order valence-electron chi connectivity index (χ3n) is 3.36. The molecule has 7 heteroatoms. The number of nitrogens with zero attached hydrogens (tertiary/aromatic N) is 4. The number of aryl methyl sites for hydroxylation is 1. The van der Waals surface area contributed by atoms with Gasteiger partial charge in [-0.1, -0.05) is 30.1 Å². The van der Waals surface area contributed by atoms with E-state index in [1.807, 2.05) is 0 Å². The Morgan fingerprint density at radius 2 is 2.23 bits per heavy atom. The van der Waals surface area contributed by atoms with Gasteiger partial charge in [0.25, 0.3) is 5.56 Å². The zero-order valence-corrected chi connectivity index (χ0v) is 12.9. The molecular weight excluding hydrogens is 304 g/mol. The third-order valence-corrected chi connectivity index (χ3v) is 3.59. The predicted octanol–water partition coefficient (Wildman–Crippen LogP) is 2.82. The molecule has 6 nitrogen and oxygen atoms in total. The van der Waals surface area contributed by atoms with E-state index in [0.29, 0.717) is 27.6 Å². The quantitative estimate of drug-likeness (QED) is 0.723. The molecule has 2 aromatic heterocycles. The maximum atomic E-state index is 12.4. The van der Waals surface area contributed by atoms with Gasteiger partial charge >= 0.3 is 0 Å². The van der Waals surface area contributed by atoms with Crippen molar-refractivity contribution in [2.24, 2.45) is 0 Å². The highest BCUT2D eigenvalue weighted by atomic mass is 35.5. The van der Waals surface area contributed by atoms with Crippen LogP contribution in [-0.4, -0.2) is 19.7 Å². The highest BCUT2D eigenvalue weighted by Crippen LogP contribution is 2.14. The lowest BCUT2D eigenvalue weighted by molar-refractivity contribution is 0.364. The van der Waals surface area contributed by atoms with Crippen LogP contribution in [-0.2, 0) is 13.0 Å². The molecule has 0 spiro atoms. The minimum atomic E-state index is -0.180. The molecule has 0 aliphatic heterocycles. The minimum Gasteiger partial charge on any atom is -0.337 e. The Morgan fingerprint density at radius 3 is 3.05 bits per heavy atom. The molecule has 3 rings (SSSR count). The zero-order chi connectivity index (χ0) is 15.5. The fourth-order valence-corrected chi connectivity index (χ4v) is 2.35. The molecule has 0 saturated carbocycles. The number of halogens is 1. The molecule has 0 radical (unpaired) electrons. The number of hydrogen-bond donors (Lipinski definition) is 0. The van der Waals surface area contributed by atoms with Crippen molar-refractivity contribution >= 4 is 22.5 Å². The summed E-state index contributed by atoms with van der Waals surface area (Å²) in [6.45, 7) is 2.31. The van der Waals surface area contributed by atoms with Crippen LogP contribution in [0.5, 0.6) is 0 Å². The van der Waals surface area contributed by atoms with Gasteiger partial charge in [-0.2, -0.15) is 4.98 Å². The SMILES string of the molecule is CCCCc1noc(Cn2cnc3ccc(Cl)cc3c2=O)n1. The third kappa shape index (κ3) is 3.01. The Balaban J connectivity index is 1.89. The van der Waals surface area contributed by atoms with Gasteiger partial charge in [0.1, 0.15) is 6.54 Å². The minimum absolute atomic E-state index is 0.180. The summed E-state index contributed by atoms with van der Waals surface area (Å²) < 4.78 is 6.62. The molecule has 3 aromatic rings. The van der Waals surface area contributed by atoms with Gasteiger partial charge in [0, 0.05) is 11.4 Å². The van der Waals surface area contributed by atoms with Gasteiger partial charge in [-0.05, 0) is 24.6 Å². The van der Waals surface area contributed by atoms with Crippen LogP contribution in [0.3, 0.4) is 0 Å². The topological polar surface area (TPSA) is 73.8 Å². The lowest BCUT2D eigenvalue weighted by Gasteiger charge is -2.03. The summed E-state index contributed by atoms with van der Waals surface area (Å²) in [5.74, 6) is 1.07. The average Bonchev–Trinajstić information content (AvgIpc) is 2.96. The van der Waals surface area contributed by atoms with E-state index < -0.39 is 0 Å². The van der Waals surface area contributed by atoms with Crippen molar-refractivity contribution in [2.45, 2.75) is 32.7 Å². The maximum absolute atomic E-state index is 12.4. The van der Waals surface area contributed by atoms with Crippen molar-refractivity contribution in [1.29, 1.82) is 0 Å². The second-order valence-corrected chi connectivity index (χ2v) is 5.48. The number of unbranched alkanes of at least 4 members (excludes halogenated alkanes) is 1. The van der Waals surface area contributed by atoms with E-state index in [1.54, 1.807) is 18.2 Å². The van der Waals surface area contributed by atoms with E-state index in [4.69, 9.17) is 16.1 Å². The summed E-state index contributed by atoms with van der Waals surface area (Å²) in [5, 5.41) is 4.89. The first-order valence-electron chi connectivity index (χ1n) is 7.13. The summed E-state index contributed by atoms with van der Waals surface area (Å²) in [6, 6.07) is 5.04. The molecule has 0 unspecified atom stereocenters. The Labute approximate surface area is 131 Å². The molecule has 0 aliphatic rings. The van der Waals surface area contributed by atoms with E-state index >= 15 is 0 Å². The lowest BCUT2D eigenvalue weighted by atomic mass is 10.2. The van der Waals surface area contributed by atoms with Gasteiger partial charge in [-0.15, -0.1) is 0 Å². The molecule has 1 aromatic carbocycles. The van der Waals surface area contributed by atoms with Crippen LogP contribution in [0.25, 0.3) is 10.9 Å². The van der Waals surface area contributed by atoms with Crippen LogP contribution in [0.15, 0.2) is 33.8 Å². The summed E-state index contributed by atoms with van der Waals surface area (Å²) >= 11 is 5.94. The zero-order valence-electron chi connectivity index (χ0n) is 12.1. The summed E-state index contributed by atoms with van der Waals surface area (Å²) in [5.41, 5.74) is 0.431. The van der Waals surface area contributed by atoms with Gasteiger partial charge in [0.2, 0.25) is 5.89 Å². The first kappa shape index (κ1) is 14.7. The van der Waals surface area contributed by atoms with Gasteiger partial charge in [0.05, 0.1) is 17.2 Å². The highest BCUT2D eigenvalue weighted by molar-refractivity contribution is 6.31. The lowest BCUT2D eigenvalue weighted by Crippen LogP contribution is -2.21. The molecule has 0 N–H and O–H groups in total. The fourth-order valence-electron chi connectivity index (χ4n) is 2.18. The van der Waals surface area contributed by atoms with E-state index in [9.17, 15) is 4.79 Å². The molecule has 22 heavy (non-hydrogen) atoms. The normalized spacial score (nSPS) is 11.2. The molecule has 0 atom stereocenters. The van der Waals surface area contributed by atoms with Crippen molar-refractivity contribution in [2.75, 3.05) is 0 Å². The molecule has 0 fully saturated rings. The van der Waals surface area contributed by atoms with Crippen molar-refractivity contribution in [3.63, 3.8) is 0 Å². The Bertz CT molecular complexity index is 856. The van der Waals surface area contributed by atoms with Gasteiger partial charge in [-0.25, -0.2) is 4.98 Å². The number of rotatable bonds is 5. The van der Waals surface area contributed by atoms with Crippen LogP contribution in [0.4, 0.5) is 0 Å². The Morgan fingerprint density at radius 1 is 1.36 bits per heavy atom. The van der Waals surface area contributed by atoms with E-state index in [0.717, 1.165) is 19.3 Å². The van der Waals surface area contributed by atoms with E-state index in [2.05, 4.69) is 22.0 Å². The molecule has 0 bridgehead atoms. The monoisotopic (exact) mass is 318 g/mol. The van der Waals surface area contributed by atoms with E-state index in [-0.39, 0.29) is 12.1 Å². The van der Waals surface area contributed by atoms with Crippen LogP contribution in [0.1, 0.15) is 31.5 Å². The second kappa shape index (κ2) is 6.27. The fraction of sp³-hybridized carbons (Fsp3) is 0.333. The summed E-state index contributed by atoms with van der Waals surface area (Å²) in [6.07, 6.45) is 4.34. The molecule has 0 aliphatic carbocycles. The summed E-state index contributed by atoms with van der Waals surface area (Å²) in [7, 11) is 0.